The zero-order valence-electron chi connectivity index (χ0n) is 12.2. The Morgan fingerprint density at radius 3 is 2.30 bits per heavy atom. The highest BCUT2D eigenvalue weighted by molar-refractivity contribution is 7.13. The first-order chi connectivity index (χ1) is 11.4. The minimum atomic E-state index is 0.517. The lowest BCUT2D eigenvalue weighted by atomic mass is 10.2. The largest absolute Gasteiger partial charge is 0.239 e. The zero-order chi connectivity index (χ0) is 15.5. The van der Waals surface area contributed by atoms with E-state index in [1.807, 2.05) is 53.9 Å². The molecule has 2 heterocycles. The summed E-state index contributed by atoms with van der Waals surface area (Å²) in [5.74, 6) is 0.629. The van der Waals surface area contributed by atoms with E-state index in [0.29, 0.717) is 12.4 Å². The minimum absolute atomic E-state index is 0.517. The third kappa shape index (κ3) is 3.02. The van der Waals surface area contributed by atoms with Crippen LogP contribution in [-0.4, -0.2) is 25.2 Å². The molecular formula is C17H13N5S. The first kappa shape index (κ1) is 13.8. The minimum Gasteiger partial charge on any atom is -0.239 e. The van der Waals surface area contributed by atoms with Gasteiger partial charge in [-0.3, -0.25) is 0 Å². The van der Waals surface area contributed by atoms with Crippen molar-refractivity contribution in [3.05, 3.63) is 71.7 Å². The molecule has 6 heteroatoms. The zero-order valence-corrected chi connectivity index (χ0v) is 13.0. The maximum absolute atomic E-state index is 4.65. The van der Waals surface area contributed by atoms with E-state index in [2.05, 4.69) is 32.5 Å². The molecule has 0 spiro atoms. The maximum Gasteiger partial charge on any atom is 0.204 e. The first-order valence-corrected chi connectivity index (χ1v) is 8.09. The first-order valence-electron chi connectivity index (χ1n) is 7.21. The molecule has 0 N–H and O–H groups in total. The third-order valence-electron chi connectivity index (χ3n) is 3.36. The number of rotatable bonds is 4. The van der Waals surface area contributed by atoms with Crippen LogP contribution in [0.15, 0.2) is 66.0 Å². The lowest BCUT2D eigenvalue weighted by Gasteiger charge is -1.95. The normalized spacial score (nSPS) is 10.8. The van der Waals surface area contributed by atoms with Gasteiger partial charge in [0.15, 0.2) is 0 Å². The van der Waals surface area contributed by atoms with Crippen LogP contribution in [0.4, 0.5) is 0 Å². The Hall–Kier alpha value is -2.86. The monoisotopic (exact) mass is 319 g/mol. The van der Waals surface area contributed by atoms with E-state index in [1.165, 1.54) is 0 Å². The Labute approximate surface area is 137 Å². The van der Waals surface area contributed by atoms with Crippen molar-refractivity contribution in [3.8, 4) is 22.0 Å². The molecule has 0 amide bonds. The van der Waals surface area contributed by atoms with Gasteiger partial charge in [0.25, 0.3) is 0 Å². The maximum atomic E-state index is 4.65. The van der Waals surface area contributed by atoms with E-state index in [4.69, 9.17) is 0 Å². The summed E-state index contributed by atoms with van der Waals surface area (Å²) in [6, 6.07) is 20.0. The van der Waals surface area contributed by atoms with Crippen molar-refractivity contribution in [3.63, 3.8) is 0 Å². The molecule has 0 unspecified atom stereocenters. The predicted molar refractivity (Wildman–Crippen MR) is 89.9 cm³/mol. The molecule has 0 aliphatic rings. The number of benzene rings is 2. The number of hydrogen-bond donors (Lipinski definition) is 0. The molecule has 0 fully saturated rings. The van der Waals surface area contributed by atoms with E-state index in [9.17, 15) is 0 Å². The van der Waals surface area contributed by atoms with Crippen LogP contribution in [0.1, 0.15) is 5.69 Å². The van der Waals surface area contributed by atoms with Gasteiger partial charge in [0.05, 0.1) is 5.69 Å². The molecule has 0 atom stereocenters. The predicted octanol–water partition coefficient (Wildman–Crippen LogP) is 3.51. The second kappa shape index (κ2) is 6.10. The number of thiazole rings is 1. The van der Waals surface area contributed by atoms with E-state index >= 15 is 0 Å². The average Bonchev–Trinajstić information content (AvgIpc) is 3.27. The van der Waals surface area contributed by atoms with Gasteiger partial charge in [-0.25, -0.2) is 4.98 Å². The third-order valence-corrected chi connectivity index (χ3v) is 4.30. The van der Waals surface area contributed by atoms with E-state index in [1.54, 1.807) is 16.1 Å². The van der Waals surface area contributed by atoms with E-state index in [0.717, 1.165) is 21.8 Å². The SMILES string of the molecule is c1ccc(-c2nnn(Cc3csc(-c4ccccc4)n3)n2)cc1. The van der Waals surface area contributed by atoms with Crippen molar-refractivity contribution < 1.29 is 0 Å². The molecule has 4 aromatic rings. The van der Waals surface area contributed by atoms with Crippen molar-refractivity contribution in [1.82, 2.24) is 25.2 Å². The second-order valence-corrected chi connectivity index (χ2v) is 5.88. The summed E-state index contributed by atoms with van der Waals surface area (Å²) in [6.45, 7) is 0.517. The van der Waals surface area contributed by atoms with Gasteiger partial charge in [-0.05, 0) is 5.21 Å². The molecule has 0 saturated carbocycles. The van der Waals surface area contributed by atoms with Gasteiger partial charge >= 0.3 is 0 Å². The van der Waals surface area contributed by atoms with Gasteiger partial charge in [-0.1, -0.05) is 60.7 Å². The summed E-state index contributed by atoms with van der Waals surface area (Å²) in [5, 5.41) is 15.7. The van der Waals surface area contributed by atoms with Crippen molar-refractivity contribution in [2.24, 2.45) is 0 Å². The number of tetrazole rings is 1. The molecule has 0 saturated heterocycles. The van der Waals surface area contributed by atoms with Gasteiger partial charge in [-0.2, -0.15) is 4.80 Å². The molecule has 23 heavy (non-hydrogen) atoms. The van der Waals surface area contributed by atoms with Crippen LogP contribution in [0.3, 0.4) is 0 Å². The molecule has 112 valence electrons. The van der Waals surface area contributed by atoms with Crippen molar-refractivity contribution >= 4 is 11.3 Å². The molecule has 0 radical (unpaired) electrons. The Balaban J connectivity index is 1.53. The fourth-order valence-corrected chi connectivity index (χ4v) is 3.07. The Kier molecular flexibility index (Phi) is 3.65. The van der Waals surface area contributed by atoms with E-state index < -0.39 is 0 Å². The summed E-state index contributed by atoms with van der Waals surface area (Å²) in [6.07, 6.45) is 0. The molecule has 2 aromatic heterocycles. The van der Waals surface area contributed by atoms with Gasteiger partial charge in [-0.15, -0.1) is 21.5 Å². The topological polar surface area (TPSA) is 56.5 Å². The van der Waals surface area contributed by atoms with Crippen LogP contribution in [-0.2, 0) is 6.54 Å². The van der Waals surface area contributed by atoms with Crippen LogP contribution in [0, 0.1) is 0 Å². The highest BCUT2D eigenvalue weighted by atomic mass is 32.1. The molecule has 4 rings (SSSR count). The fourth-order valence-electron chi connectivity index (χ4n) is 2.25. The Bertz CT molecular complexity index is 823. The number of aromatic nitrogens is 5. The van der Waals surface area contributed by atoms with E-state index in [-0.39, 0.29) is 0 Å². The molecule has 2 aromatic carbocycles. The fraction of sp³-hybridized carbons (Fsp3) is 0.0588. The van der Waals surface area contributed by atoms with Gasteiger partial charge < -0.3 is 0 Å². The van der Waals surface area contributed by atoms with Crippen LogP contribution in [0.2, 0.25) is 0 Å². The lowest BCUT2D eigenvalue weighted by molar-refractivity contribution is 0.566. The quantitative estimate of drug-likeness (QED) is 0.577. The van der Waals surface area contributed by atoms with Crippen molar-refractivity contribution in [2.45, 2.75) is 6.54 Å². The van der Waals surface area contributed by atoms with Crippen molar-refractivity contribution in [2.75, 3.05) is 0 Å². The van der Waals surface area contributed by atoms with Crippen LogP contribution < -0.4 is 0 Å². The number of hydrogen-bond acceptors (Lipinski definition) is 5. The smallest absolute Gasteiger partial charge is 0.204 e. The molecule has 0 aliphatic heterocycles. The van der Waals surface area contributed by atoms with Crippen LogP contribution in [0.25, 0.3) is 22.0 Å². The average molecular weight is 319 g/mol. The molecule has 0 bridgehead atoms. The van der Waals surface area contributed by atoms with Gasteiger partial charge in [0.1, 0.15) is 11.6 Å². The Morgan fingerprint density at radius 1 is 0.870 bits per heavy atom. The molecular weight excluding hydrogens is 306 g/mol. The summed E-state index contributed by atoms with van der Waals surface area (Å²) < 4.78 is 0. The summed E-state index contributed by atoms with van der Waals surface area (Å²) in [7, 11) is 0. The van der Waals surface area contributed by atoms with Crippen LogP contribution in [0.5, 0.6) is 0 Å². The van der Waals surface area contributed by atoms with Gasteiger partial charge in [0.2, 0.25) is 5.82 Å². The second-order valence-electron chi connectivity index (χ2n) is 5.02. The standard InChI is InChI=1S/C17H13N5S/c1-3-7-13(8-4-1)16-19-21-22(20-16)11-15-12-23-17(18-15)14-9-5-2-6-10-14/h1-10,12H,11H2. The van der Waals surface area contributed by atoms with Gasteiger partial charge in [0, 0.05) is 16.5 Å². The molecule has 0 aliphatic carbocycles. The van der Waals surface area contributed by atoms with Crippen molar-refractivity contribution in [1.29, 1.82) is 0 Å². The lowest BCUT2D eigenvalue weighted by Crippen LogP contribution is -2.04. The number of nitrogens with zero attached hydrogens (tertiary/aromatic N) is 5. The van der Waals surface area contributed by atoms with Crippen LogP contribution >= 0.6 is 11.3 Å². The Morgan fingerprint density at radius 2 is 1.57 bits per heavy atom. The highest BCUT2D eigenvalue weighted by Crippen LogP contribution is 2.23. The molecule has 5 nitrogen and oxygen atoms in total. The summed E-state index contributed by atoms with van der Waals surface area (Å²) in [5.41, 5.74) is 3.02. The summed E-state index contributed by atoms with van der Waals surface area (Å²) >= 11 is 1.62. The summed E-state index contributed by atoms with van der Waals surface area (Å²) in [4.78, 5) is 6.22. The highest BCUT2D eigenvalue weighted by Gasteiger charge is 2.08.